The van der Waals surface area contributed by atoms with Crippen molar-refractivity contribution in [2.24, 2.45) is 0 Å². The van der Waals surface area contributed by atoms with E-state index in [-0.39, 0.29) is 0 Å². The van der Waals surface area contributed by atoms with Gasteiger partial charge in [-0.3, -0.25) is 4.79 Å². The molecule has 0 aliphatic rings. The summed E-state index contributed by atoms with van der Waals surface area (Å²) in [6.45, 7) is 1.05. The molecule has 1 radical (unpaired) electrons. The number of carbonyl (C=O) groups excluding carboxylic acids is 1. The molecule has 8 heavy (non-hydrogen) atoms. The van der Waals surface area contributed by atoms with Gasteiger partial charge in [-0.05, 0) is 0 Å². The summed E-state index contributed by atoms with van der Waals surface area (Å²) >= 11 is 0. The van der Waals surface area contributed by atoms with Crippen LogP contribution in [0, 0.1) is 6.42 Å². The Morgan fingerprint density at radius 1 is 1.50 bits per heavy atom. The highest BCUT2D eigenvalue weighted by molar-refractivity contribution is 5.91. The summed E-state index contributed by atoms with van der Waals surface area (Å²) in [5.41, 5.74) is 0. The second-order valence-corrected chi connectivity index (χ2v) is 1.15. The third-order valence-electron chi connectivity index (χ3n) is 0.542. The standard InChI is InChI=1S/C4H4F3O/c1-2-3(8)4(5,6)7/h2H,1H3. The molecular weight excluding hydrogens is 121 g/mol. The molecule has 0 fully saturated rings. The van der Waals surface area contributed by atoms with Gasteiger partial charge >= 0.3 is 6.18 Å². The van der Waals surface area contributed by atoms with Gasteiger partial charge in [0.05, 0.1) is 0 Å². The van der Waals surface area contributed by atoms with Gasteiger partial charge < -0.3 is 0 Å². The molecule has 4 heteroatoms. The summed E-state index contributed by atoms with van der Waals surface area (Å²) in [5.74, 6) is -1.79. The fourth-order valence-electron chi connectivity index (χ4n) is 0.164. The van der Waals surface area contributed by atoms with Crippen molar-refractivity contribution < 1.29 is 18.0 Å². The lowest BCUT2D eigenvalue weighted by molar-refractivity contribution is -0.166. The van der Waals surface area contributed by atoms with Gasteiger partial charge in [-0.1, -0.05) is 6.92 Å². The van der Waals surface area contributed by atoms with Crippen LogP contribution in [0.15, 0.2) is 0 Å². The third-order valence-corrected chi connectivity index (χ3v) is 0.542. The minimum atomic E-state index is -4.69. The molecule has 47 valence electrons. The Balaban J connectivity index is 3.82. The maximum absolute atomic E-state index is 11.1. The minimum absolute atomic E-state index is 0.486. The van der Waals surface area contributed by atoms with Crippen LogP contribution in [0.4, 0.5) is 13.2 Å². The van der Waals surface area contributed by atoms with Gasteiger partial charge in [0.25, 0.3) is 0 Å². The van der Waals surface area contributed by atoms with Gasteiger partial charge in [0.1, 0.15) is 0 Å². The lowest BCUT2D eigenvalue weighted by Crippen LogP contribution is -2.21. The van der Waals surface area contributed by atoms with E-state index in [4.69, 9.17) is 0 Å². The number of carbonyl (C=O) groups is 1. The smallest absolute Gasteiger partial charge is 0.289 e. The van der Waals surface area contributed by atoms with Crippen molar-refractivity contribution in [1.82, 2.24) is 0 Å². The normalized spacial score (nSPS) is 11.5. The first kappa shape index (κ1) is 7.46. The first-order chi connectivity index (χ1) is 3.48. The number of ketones is 1. The summed E-state index contributed by atoms with van der Waals surface area (Å²) in [6, 6.07) is 0. The largest absolute Gasteiger partial charge is 0.450 e. The van der Waals surface area contributed by atoms with E-state index in [1.54, 1.807) is 0 Å². The number of hydrogen-bond donors (Lipinski definition) is 0. The van der Waals surface area contributed by atoms with Crippen LogP contribution in [0.1, 0.15) is 6.92 Å². The zero-order valence-electron chi connectivity index (χ0n) is 4.12. The Morgan fingerprint density at radius 3 is 1.88 bits per heavy atom. The molecule has 0 amide bonds. The van der Waals surface area contributed by atoms with E-state index in [1.807, 2.05) is 0 Å². The summed E-state index contributed by atoms with van der Waals surface area (Å²) < 4.78 is 33.2. The monoisotopic (exact) mass is 125 g/mol. The van der Waals surface area contributed by atoms with Gasteiger partial charge in [0.2, 0.25) is 5.78 Å². The summed E-state index contributed by atoms with van der Waals surface area (Å²) in [7, 11) is 0. The molecule has 0 rings (SSSR count). The zero-order valence-corrected chi connectivity index (χ0v) is 4.12. The summed E-state index contributed by atoms with van der Waals surface area (Å²) in [4.78, 5) is 9.65. The van der Waals surface area contributed by atoms with E-state index in [0.717, 1.165) is 6.92 Å². The molecule has 1 nitrogen and oxygen atoms in total. The maximum atomic E-state index is 11.1. The van der Waals surface area contributed by atoms with Crippen molar-refractivity contribution in [3.8, 4) is 0 Å². The average molecular weight is 125 g/mol. The third kappa shape index (κ3) is 1.95. The van der Waals surface area contributed by atoms with Crippen molar-refractivity contribution in [3.63, 3.8) is 0 Å². The lowest BCUT2D eigenvalue weighted by atomic mass is 10.3. The zero-order chi connectivity index (χ0) is 6.78. The topological polar surface area (TPSA) is 17.1 Å². The van der Waals surface area contributed by atoms with E-state index >= 15 is 0 Å². The first-order valence-corrected chi connectivity index (χ1v) is 1.89. The number of rotatable bonds is 1. The summed E-state index contributed by atoms with van der Waals surface area (Å²) in [6.07, 6.45) is -4.20. The fourth-order valence-corrected chi connectivity index (χ4v) is 0.164. The molecule has 0 saturated carbocycles. The van der Waals surface area contributed by atoms with Crippen molar-refractivity contribution >= 4 is 5.78 Å². The molecular formula is C4H4F3O. The Kier molecular flexibility index (Phi) is 2.01. The summed E-state index contributed by atoms with van der Waals surface area (Å²) in [5, 5.41) is 0. The Hall–Kier alpha value is -0.540. The molecule has 0 spiro atoms. The number of Topliss-reactive ketones (excluding diaryl/α,β-unsaturated/α-hetero) is 1. The molecule has 0 atom stereocenters. The molecule has 0 heterocycles. The van der Waals surface area contributed by atoms with Gasteiger partial charge in [-0.2, -0.15) is 13.2 Å². The van der Waals surface area contributed by atoms with Crippen LogP contribution in [0.5, 0.6) is 0 Å². The van der Waals surface area contributed by atoms with E-state index in [2.05, 4.69) is 0 Å². The van der Waals surface area contributed by atoms with Gasteiger partial charge in [0.15, 0.2) is 0 Å². The van der Waals surface area contributed by atoms with Gasteiger partial charge in [-0.15, -0.1) is 0 Å². The first-order valence-electron chi connectivity index (χ1n) is 1.89. The van der Waals surface area contributed by atoms with Crippen LogP contribution in [0.25, 0.3) is 0 Å². The quantitative estimate of drug-likeness (QED) is 0.516. The molecule has 0 saturated heterocycles. The number of hydrogen-bond acceptors (Lipinski definition) is 1. The van der Waals surface area contributed by atoms with Crippen LogP contribution >= 0.6 is 0 Å². The fraction of sp³-hybridized carbons (Fsp3) is 0.500. The van der Waals surface area contributed by atoms with Gasteiger partial charge in [-0.25, -0.2) is 0 Å². The van der Waals surface area contributed by atoms with Gasteiger partial charge in [0, 0.05) is 6.42 Å². The Morgan fingerprint density at radius 2 is 1.88 bits per heavy atom. The van der Waals surface area contributed by atoms with Crippen LogP contribution in [-0.4, -0.2) is 12.0 Å². The van der Waals surface area contributed by atoms with E-state index in [9.17, 15) is 18.0 Å². The van der Waals surface area contributed by atoms with E-state index in [1.165, 1.54) is 0 Å². The molecule has 0 N–H and O–H groups in total. The minimum Gasteiger partial charge on any atom is -0.289 e. The van der Waals surface area contributed by atoms with Crippen LogP contribution in [0.3, 0.4) is 0 Å². The van der Waals surface area contributed by atoms with E-state index < -0.39 is 12.0 Å². The second kappa shape index (κ2) is 2.15. The van der Waals surface area contributed by atoms with Crippen LogP contribution in [0.2, 0.25) is 0 Å². The molecule has 0 unspecified atom stereocenters. The van der Waals surface area contributed by atoms with Crippen LogP contribution in [-0.2, 0) is 4.79 Å². The highest BCUT2D eigenvalue weighted by atomic mass is 19.4. The predicted molar refractivity (Wildman–Crippen MR) is 21.0 cm³/mol. The number of halogens is 3. The molecule has 0 aliphatic heterocycles. The predicted octanol–water partition coefficient (Wildman–Crippen LogP) is 1.34. The molecule has 0 aromatic carbocycles. The molecule has 0 aromatic rings. The van der Waals surface area contributed by atoms with Crippen molar-refractivity contribution in [2.75, 3.05) is 0 Å². The van der Waals surface area contributed by atoms with Crippen LogP contribution < -0.4 is 0 Å². The molecule has 0 aromatic heterocycles. The highest BCUT2D eigenvalue weighted by Gasteiger charge is 2.36. The Bertz CT molecular complexity index is 93.9. The van der Waals surface area contributed by atoms with Crippen molar-refractivity contribution in [3.05, 3.63) is 6.42 Å². The molecule has 0 aliphatic carbocycles. The van der Waals surface area contributed by atoms with E-state index in [0.29, 0.717) is 6.42 Å². The highest BCUT2D eigenvalue weighted by Crippen LogP contribution is 2.16. The van der Waals surface area contributed by atoms with Crippen molar-refractivity contribution in [1.29, 1.82) is 0 Å². The Labute approximate surface area is 44.5 Å². The SMILES string of the molecule is C[CH]C(=O)C(F)(F)F. The second-order valence-electron chi connectivity index (χ2n) is 1.15. The number of alkyl halides is 3. The molecule has 0 bridgehead atoms. The maximum Gasteiger partial charge on any atom is 0.450 e. The average Bonchev–Trinajstić information content (AvgIpc) is 1.62. The lowest BCUT2D eigenvalue weighted by Gasteiger charge is -1.98. The van der Waals surface area contributed by atoms with Crippen molar-refractivity contribution in [2.45, 2.75) is 13.1 Å².